The number of hydrogen-bond acceptors (Lipinski definition) is 3. The number of unbranched alkanes of at least 4 members (excludes halogenated alkanes) is 2. The van der Waals surface area contributed by atoms with E-state index < -0.39 is 30.0 Å². The number of benzene rings is 1. The summed E-state index contributed by atoms with van der Waals surface area (Å²) in [6, 6.07) is 1.61. The summed E-state index contributed by atoms with van der Waals surface area (Å²) in [6.45, 7) is -1.62. The Morgan fingerprint density at radius 3 is 2.37 bits per heavy atom. The van der Waals surface area contributed by atoms with Crippen molar-refractivity contribution in [1.29, 1.82) is 0 Å². The molecule has 1 aromatic carbocycles. The molecule has 0 aliphatic carbocycles. The highest BCUT2D eigenvalue weighted by Gasteiger charge is 2.29. The Hall–Kier alpha value is -1.36. The highest BCUT2D eigenvalue weighted by atomic mass is 35.5. The average Bonchev–Trinajstić information content (AvgIpc) is 2.51. The maximum atomic E-state index is 13.8. The molecule has 1 N–H and O–H groups in total. The predicted molar refractivity (Wildman–Crippen MR) is 87.7 cm³/mol. The lowest BCUT2D eigenvalue weighted by molar-refractivity contribution is -0.123. The molecule has 0 saturated carbocycles. The van der Waals surface area contributed by atoms with E-state index >= 15 is 0 Å². The van der Waals surface area contributed by atoms with Crippen LogP contribution in [-0.2, 0) is 0 Å². The highest BCUT2D eigenvalue weighted by molar-refractivity contribution is 8.00. The maximum Gasteiger partial charge on any atom is 0.441 e. The molecule has 0 radical (unpaired) electrons. The van der Waals surface area contributed by atoms with Gasteiger partial charge in [-0.1, -0.05) is 23.4 Å². The van der Waals surface area contributed by atoms with Gasteiger partial charge in [-0.05, 0) is 31.4 Å². The zero-order valence-electron chi connectivity index (χ0n) is 13.6. The van der Waals surface area contributed by atoms with Crippen LogP contribution in [0.25, 0.3) is 0 Å². The van der Waals surface area contributed by atoms with Crippen molar-refractivity contribution < 1.29 is 40.3 Å². The van der Waals surface area contributed by atoms with E-state index in [2.05, 4.69) is 0 Å². The number of nitrogens with one attached hydrogen (secondary N) is 1. The van der Waals surface area contributed by atoms with Crippen LogP contribution in [-0.4, -0.2) is 36.5 Å². The van der Waals surface area contributed by atoms with Gasteiger partial charge in [0.25, 0.3) is 5.91 Å². The number of rotatable bonds is 9. The molecule has 0 atom stereocenters. The second-order valence-electron chi connectivity index (χ2n) is 5.26. The third-order valence-electron chi connectivity index (χ3n) is 3.03. The summed E-state index contributed by atoms with van der Waals surface area (Å²) in [5, 5.41) is 1.22. The van der Waals surface area contributed by atoms with Gasteiger partial charge in [-0.25, -0.2) is 4.39 Å². The molecule has 1 rings (SSSR count). The lowest BCUT2D eigenvalue weighted by Gasteiger charge is -2.12. The molecule has 0 saturated heterocycles. The van der Waals surface area contributed by atoms with Crippen molar-refractivity contribution in [3.05, 3.63) is 28.5 Å². The number of ether oxygens (including phenoxy) is 1. The van der Waals surface area contributed by atoms with Crippen molar-refractivity contribution >= 4 is 29.3 Å². The van der Waals surface area contributed by atoms with Gasteiger partial charge in [0.15, 0.2) is 11.6 Å². The minimum atomic E-state index is -4.62. The van der Waals surface area contributed by atoms with E-state index in [9.17, 15) is 35.5 Å². The molecular weight excluding hydrogens is 427 g/mol. The number of alkyl halides is 6. The lowest BCUT2D eigenvalue weighted by Crippen LogP contribution is -2.33. The Morgan fingerprint density at radius 2 is 1.78 bits per heavy atom. The number of thioether (sulfide) groups is 1. The van der Waals surface area contributed by atoms with Gasteiger partial charge in [0.1, 0.15) is 6.54 Å². The first-order valence-electron chi connectivity index (χ1n) is 7.56. The molecule has 3 nitrogen and oxygen atoms in total. The quantitative estimate of drug-likeness (QED) is 0.402. The second-order valence-corrected chi connectivity index (χ2v) is 6.83. The number of hydrogen-bond donors (Lipinski definition) is 1. The van der Waals surface area contributed by atoms with Crippen LogP contribution in [0.15, 0.2) is 12.1 Å². The van der Waals surface area contributed by atoms with Crippen LogP contribution in [0.3, 0.4) is 0 Å². The maximum absolute atomic E-state index is 13.8. The molecule has 0 aliphatic heterocycles. The second kappa shape index (κ2) is 10.3. The van der Waals surface area contributed by atoms with Crippen molar-refractivity contribution in [2.24, 2.45) is 0 Å². The molecule has 0 unspecified atom stereocenters. The fourth-order valence-electron chi connectivity index (χ4n) is 1.84. The van der Waals surface area contributed by atoms with E-state index in [0.29, 0.717) is 12.8 Å². The van der Waals surface area contributed by atoms with Gasteiger partial charge in [0.2, 0.25) is 0 Å². The van der Waals surface area contributed by atoms with E-state index in [1.54, 1.807) is 5.32 Å². The summed E-state index contributed by atoms with van der Waals surface area (Å²) in [5.41, 5.74) is -4.68. The summed E-state index contributed by atoms with van der Waals surface area (Å²) in [5.74, 6) is -2.56. The Bertz CT molecular complexity index is 638. The molecule has 0 spiro atoms. The van der Waals surface area contributed by atoms with Crippen LogP contribution in [0.2, 0.25) is 5.02 Å². The summed E-state index contributed by atoms with van der Waals surface area (Å²) in [7, 11) is 0. The molecular formula is C15H15ClF7NO2S. The minimum absolute atomic E-state index is 0.0428. The van der Waals surface area contributed by atoms with Crippen LogP contribution < -0.4 is 10.1 Å². The van der Waals surface area contributed by atoms with E-state index in [-0.39, 0.29) is 46.9 Å². The highest BCUT2D eigenvalue weighted by Crippen LogP contribution is 2.31. The Labute approximate surface area is 159 Å². The number of halogens is 8. The van der Waals surface area contributed by atoms with Crippen molar-refractivity contribution in [3.8, 4) is 5.75 Å². The standard InChI is InChI=1S/C15H15ClF7NO2S/c16-10-7-11(17)12(6-9(10)13(25)24-8-14(18,19)20)26-4-2-1-3-5-27-15(21,22)23/h6-7H,1-5,8H2,(H,24,25). The molecule has 1 aromatic rings. The smallest absolute Gasteiger partial charge is 0.441 e. The van der Waals surface area contributed by atoms with Gasteiger partial charge in [0.05, 0.1) is 17.2 Å². The molecule has 0 fully saturated rings. The van der Waals surface area contributed by atoms with Gasteiger partial charge in [0, 0.05) is 5.75 Å². The van der Waals surface area contributed by atoms with Crippen molar-refractivity contribution in [1.82, 2.24) is 5.32 Å². The zero-order chi connectivity index (χ0) is 20.7. The van der Waals surface area contributed by atoms with Crippen LogP contribution in [0, 0.1) is 5.82 Å². The fraction of sp³-hybridized carbons (Fsp3) is 0.533. The van der Waals surface area contributed by atoms with Gasteiger partial charge < -0.3 is 10.1 Å². The van der Waals surface area contributed by atoms with Crippen LogP contribution in [0.1, 0.15) is 29.6 Å². The normalized spacial score (nSPS) is 12.1. The van der Waals surface area contributed by atoms with Gasteiger partial charge in [-0.15, -0.1) is 0 Å². The molecule has 0 heterocycles. The Balaban J connectivity index is 2.52. The van der Waals surface area contributed by atoms with Crippen LogP contribution in [0.4, 0.5) is 30.7 Å². The number of carbonyl (C=O) groups is 1. The topological polar surface area (TPSA) is 38.3 Å². The first kappa shape index (κ1) is 23.7. The third-order valence-corrected chi connectivity index (χ3v) is 4.16. The van der Waals surface area contributed by atoms with E-state index in [0.717, 1.165) is 12.1 Å². The SMILES string of the molecule is O=C(NCC(F)(F)F)c1cc(OCCCCCSC(F)(F)F)c(F)cc1Cl. The zero-order valence-corrected chi connectivity index (χ0v) is 15.2. The van der Waals surface area contributed by atoms with E-state index in [4.69, 9.17) is 16.3 Å². The molecule has 0 aromatic heterocycles. The van der Waals surface area contributed by atoms with Crippen LogP contribution >= 0.6 is 23.4 Å². The molecule has 1 amide bonds. The van der Waals surface area contributed by atoms with Crippen molar-refractivity contribution in [2.45, 2.75) is 30.9 Å². The molecule has 0 aliphatic rings. The number of carbonyl (C=O) groups excluding carboxylic acids is 1. The first-order chi connectivity index (χ1) is 12.4. The predicted octanol–water partition coefficient (Wildman–Crippen LogP) is 5.57. The van der Waals surface area contributed by atoms with Gasteiger partial charge in [-0.3, -0.25) is 4.79 Å². The summed E-state index contributed by atoms with van der Waals surface area (Å²) < 4.78 is 91.1. The molecule has 27 heavy (non-hydrogen) atoms. The Kier molecular flexibility index (Phi) is 9.00. The van der Waals surface area contributed by atoms with Crippen molar-refractivity contribution in [2.75, 3.05) is 18.9 Å². The minimum Gasteiger partial charge on any atom is -0.490 e. The van der Waals surface area contributed by atoms with Gasteiger partial charge in [-0.2, -0.15) is 26.3 Å². The number of amides is 1. The monoisotopic (exact) mass is 441 g/mol. The summed E-state index contributed by atoms with van der Waals surface area (Å²) in [4.78, 5) is 11.7. The lowest BCUT2D eigenvalue weighted by atomic mass is 10.2. The summed E-state index contributed by atoms with van der Waals surface area (Å²) in [6.07, 6.45) is -3.61. The van der Waals surface area contributed by atoms with Crippen molar-refractivity contribution in [3.63, 3.8) is 0 Å². The first-order valence-corrected chi connectivity index (χ1v) is 8.93. The summed E-state index contributed by atoms with van der Waals surface area (Å²) >= 11 is 5.53. The Morgan fingerprint density at radius 1 is 1.11 bits per heavy atom. The molecule has 154 valence electrons. The third kappa shape index (κ3) is 9.94. The van der Waals surface area contributed by atoms with E-state index in [1.165, 1.54) is 0 Å². The van der Waals surface area contributed by atoms with Gasteiger partial charge >= 0.3 is 11.7 Å². The fourth-order valence-corrected chi connectivity index (χ4v) is 2.66. The van der Waals surface area contributed by atoms with Crippen LogP contribution in [0.5, 0.6) is 5.75 Å². The van der Waals surface area contributed by atoms with E-state index in [1.807, 2.05) is 0 Å². The molecule has 0 bridgehead atoms. The molecule has 12 heteroatoms. The average molecular weight is 442 g/mol. The largest absolute Gasteiger partial charge is 0.490 e.